The molecule has 0 aliphatic carbocycles. The summed E-state index contributed by atoms with van der Waals surface area (Å²) in [6, 6.07) is 4.09. The minimum Gasteiger partial charge on any atom is -0.349 e. The van der Waals surface area contributed by atoms with Crippen molar-refractivity contribution in [2.24, 2.45) is 11.7 Å². The van der Waals surface area contributed by atoms with Crippen molar-refractivity contribution in [3.8, 4) is 0 Å². The van der Waals surface area contributed by atoms with Crippen LogP contribution >= 0.6 is 11.6 Å². The molecule has 0 fully saturated rings. The Hall–Kier alpha value is -1.66. The van der Waals surface area contributed by atoms with E-state index in [1.54, 1.807) is 0 Å². The van der Waals surface area contributed by atoms with E-state index in [2.05, 4.69) is 19.2 Å². The molecule has 0 spiro atoms. The summed E-state index contributed by atoms with van der Waals surface area (Å²) in [6.07, 6.45) is 0.827. The lowest BCUT2D eigenvalue weighted by molar-refractivity contribution is -0.384. The Labute approximate surface area is 135 Å². The van der Waals surface area contributed by atoms with Gasteiger partial charge in [-0.15, -0.1) is 0 Å². The van der Waals surface area contributed by atoms with Crippen molar-refractivity contribution in [2.75, 3.05) is 6.54 Å². The highest BCUT2D eigenvalue weighted by Gasteiger charge is 2.26. The number of nitrogens with two attached hydrogens (primary N) is 1. The topological polar surface area (TPSA) is 98.3 Å². The molecule has 1 atom stereocenters. The summed E-state index contributed by atoms with van der Waals surface area (Å²) in [6.45, 7) is 6.37. The van der Waals surface area contributed by atoms with E-state index in [9.17, 15) is 14.9 Å². The molecule has 0 bridgehead atoms. The standard InChI is InChI=1S/C15H22ClN3O3/c1-10(2)8-15(3,9-17)18-14(20)6-11-4-5-12(19(21)22)7-13(11)16/h4-5,7,10H,6,8-9,17H2,1-3H3,(H,18,20). The highest BCUT2D eigenvalue weighted by molar-refractivity contribution is 6.31. The average Bonchev–Trinajstić information content (AvgIpc) is 2.39. The molecule has 7 heteroatoms. The van der Waals surface area contributed by atoms with Crippen molar-refractivity contribution in [3.63, 3.8) is 0 Å². The lowest BCUT2D eigenvalue weighted by Crippen LogP contribution is -2.52. The summed E-state index contributed by atoms with van der Waals surface area (Å²) in [5.41, 5.74) is 5.74. The molecule has 0 radical (unpaired) electrons. The van der Waals surface area contributed by atoms with Crippen LogP contribution in [0, 0.1) is 16.0 Å². The summed E-state index contributed by atoms with van der Waals surface area (Å²) < 4.78 is 0. The van der Waals surface area contributed by atoms with E-state index in [-0.39, 0.29) is 23.0 Å². The number of hydrogen-bond acceptors (Lipinski definition) is 4. The van der Waals surface area contributed by atoms with E-state index in [1.165, 1.54) is 18.2 Å². The number of nitro groups is 1. The molecule has 0 heterocycles. The number of halogens is 1. The molecule has 6 nitrogen and oxygen atoms in total. The van der Waals surface area contributed by atoms with Gasteiger partial charge in [0.05, 0.1) is 16.4 Å². The lowest BCUT2D eigenvalue weighted by Gasteiger charge is -2.31. The van der Waals surface area contributed by atoms with Gasteiger partial charge in [-0.25, -0.2) is 0 Å². The molecule has 0 saturated carbocycles. The zero-order valence-electron chi connectivity index (χ0n) is 13.1. The average molecular weight is 328 g/mol. The van der Waals surface area contributed by atoms with Gasteiger partial charge in [0.15, 0.2) is 0 Å². The maximum absolute atomic E-state index is 12.2. The van der Waals surface area contributed by atoms with Gasteiger partial charge < -0.3 is 11.1 Å². The zero-order chi connectivity index (χ0) is 16.9. The Bertz CT molecular complexity index is 563. The van der Waals surface area contributed by atoms with Crippen molar-refractivity contribution < 1.29 is 9.72 Å². The minimum atomic E-state index is -0.524. The molecule has 122 valence electrons. The van der Waals surface area contributed by atoms with Crippen LogP contribution in [-0.4, -0.2) is 22.9 Å². The van der Waals surface area contributed by atoms with E-state index in [4.69, 9.17) is 17.3 Å². The summed E-state index contributed by atoms with van der Waals surface area (Å²) in [4.78, 5) is 22.3. The van der Waals surface area contributed by atoms with Crippen LogP contribution in [0.3, 0.4) is 0 Å². The van der Waals surface area contributed by atoms with Gasteiger partial charge in [0.1, 0.15) is 0 Å². The van der Waals surface area contributed by atoms with Crippen LogP contribution in [0.1, 0.15) is 32.8 Å². The van der Waals surface area contributed by atoms with Crippen molar-refractivity contribution in [1.82, 2.24) is 5.32 Å². The van der Waals surface area contributed by atoms with Crippen LogP contribution in [-0.2, 0) is 11.2 Å². The van der Waals surface area contributed by atoms with Crippen LogP contribution in [0.4, 0.5) is 5.69 Å². The predicted octanol–water partition coefficient (Wildman–Crippen LogP) is 2.67. The number of benzene rings is 1. The molecule has 22 heavy (non-hydrogen) atoms. The fourth-order valence-corrected chi connectivity index (χ4v) is 2.67. The summed E-state index contributed by atoms with van der Waals surface area (Å²) in [5, 5.41) is 13.8. The van der Waals surface area contributed by atoms with Gasteiger partial charge in [-0.3, -0.25) is 14.9 Å². The van der Waals surface area contributed by atoms with Gasteiger partial charge in [0.2, 0.25) is 5.91 Å². The lowest BCUT2D eigenvalue weighted by atomic mass is 9.90. The Kier molecular flexibility index (Phi) is 6.32. The first-order chi connectivity index (χ1) is 10.2. The van der Waals surface area contributed by atoms with E-state index in [1.807, 2.05) is 6.92 Å². The first-order valence-electron chi connectivity index (χ1n) is 7.11. The molecule has 1 amide bonds. The van der Waals surface area contributed by atoms with Gasteiger partial charge >= 0.3 is 0 Å². The molecule has 0 aliphatic heterocycles. The molecular weight excluding hydrogens is 306 g/mol. The third-order valence-corrected chi connectivity index (χ3v) is 3.70. The smallest absolute Gasteiger partial charge is 0.270 e. The number of rotatable bonds is 7. The third-order valence-electron chi connectivity index (χ3n) is 3.35. The molecule has 0 aromatic heterocycles. The molecule has 0 aliphatic rings. The largest absolute Gasteiger partial charge is 0.349 e. The van der Waals surface area contributed by atoms with Crippen molar-refractivity contribution in [1.29, 1.82) is 0 Å². The molecule has 1 aromatic carbocycles. The molecule has 3 N–H and O–H groups in total. The number of hydrogen-bond donors (Lipinski definition) is 2. The highest BCUT2D eigenvalue weighted by atomic mass is 35.5. The zero-order valence-corrected chi connectivity index (χ0v) is 13.8. The number of nitro benzene ring substituents is 1. The van der Waals surface area contributed by atoms with Gasteiger partial charge in [0, 0.05) is 24.2 Å². The first-order valence-corrected chi connectivity index (χ1v) is 7.48. The Balaban J connectivity index is 2.78. The number of amides is 1. The number of carbonyl (C=O) groups excluding carboxylic acids is 1. The van der Waals surface area contributed by atoms with E-state index in [0.717, 1.165) is 6.42 Å². The fourth-order valence-electron chi connectivity index (χ4n) is 2.43. The molecular formula is C15H22ClN3O3. The van der Waals surface area contributed by atoms with Crippen LogP contribution in [0.2, 0.25) is 5.02 Å². The van der Waals surface area contributed by atoms with E-state index >= 15 is 0 Å². The maximum atomic E-state index is 12.2. The van der Waals surface area contributed by atoms with Crippen molar-refractivity contribution in [2.45, 2.75) is 39.2 Å². The Morgan fingerprint density at radius 3 is 2.59 bits per heavy atom. The quantitative estimate of drug-likeness (QED) is 0.594. The number of nitrogens with zero attached hydrogens (tertiary/aromatic N) is 1. The number of nitrogens with one attached hydrogen (secondary N) is 1. The number of carbonyl (C=O) groups is 1. The second-order valence-corrected chi connectivity index (χ2v) is 6.53. The fraction of sp³-hybridized carbons (Fsp3) is 0.533. The minimum absolute atomic E-state index is 0.0600. The monoisotopic (exact) mass is 327 g/mol. The van der Waals surface area contributed by atoms with E-state index < -0.39 is 10.5 Å². The molecule has 1 aromatic rings. The predicted molar refractivity (Wildman–Crippen MR) is 86.9 cm³/mol. The molecule has 1 rings (SSSR count). The Morgan fingerprint density at radius 1 is 1.50 bits per heavy atom. The van der Waals surface area contributed by atoms with Gasteiger partial charge in [-0.1, -0.05) is 31.5 Å². The number of non-ortho nitro benzene ring substituents is 1. The first kappa shape index (κ1) is 18.4. The van der Waals surface area contributed by atoms with Gasteiger partial charge in [0.25, 0.3) is 5.69 Å². The van der Waals surface area contributed by atoms with Crippen LogP contribution < -0.4 is 11.1 Å². The van der Waals surface area contributed by atoms with Gasteiger partial charge in [-0.05, 0) is 24.8 Å². The summed E-state index contributed by atoms with van der Waals surface area (Å²) in [7, 11) is 0. The van der Waals surface area contributed by atoms with Crippen molar-refractivity contribution >= 4 is 23.2 Å². The summed E-state index contributed by atoms with van der Waals surface area (Å²) >= 11 is 6.00. The molecule has 1 unspecified atom stereocenters. The normalized spacial score (nSPS) is 13.7. The Morgan fingerprint density at radius 2 is 2.14 bits per heavy atom. The SMILES string of the molecule is CC(C)CC(C)(CN)NC(=O)Cc1ccc([N+](=O)[O-])cc1Cl. The maximum Gasteiger partial charge on any atom is 0.270 e. The van der Waals surface area contributed by atoms with Crippen molar-refractivity contribution in [3.05, 3.63) is 38.9 Å². The van der Waals surface area contributed by atoms with Gasteiger partial charge in [-0.2, -0.15) is 0 Å². The van der Waals surface area contributed by atoms with Crippen LogP contribution in [0.15, 0.2) is 18.2 Å². The van der Waals surface area contributed by atoms with Crippen LogP contribution in [0.25, 0.3) is 0 Å². The summed E-state index contributed by atoms with van der Waals surface area (Å²) in [5.74, 6) is 0.196. The van der Waals surface area contributed by atoms with Crippen LogP contribution in [0.5, 0.6) is 0 Å². The second kappa shape index (κ2) is 7.56. The molecule has 0 saturated heterocycles. The highest BCUT2D eigenvalue weighted by Crippen LogP contribution is 2.23. The van der Waals surface area contributed by atoms with E-state index in [0.29, 0.717) is 18.0 Å². The second-order valence-electron chi connectivity index (χ2n) is 6.12. The third kappa shape index (κ3) is 5.27.